The zero-order chi connectivity index (χ0) is 12.3. The number of aliphatic hydroxyl groups is 1. The Morgan fingerprint density at radius 3 is 2.53 bits per heavy atom. The number of hydrogen-bond acceptors (Lipinski definition) is 7. The van der Waals surface area contributed by atoms with E-state index in [1.54, 1.807) is 6.07 Å². The first-order chi connectivity index (χ1) is 8.17. The molecular weight excluding hydrogens is 220 g/mol. The molecule has 0 bridgehead atoms. The van der Waals surface area contributed by atoms with Gasteiger partial charge in [-0.15, -0.1) is 0 Å². The Kier molecular flexibility index (Phi) is 3.30. The summed E-state index contributed by atoms with van der Waals surface area (Å²) in [6, 6.07) is 1.67. The van der Waals surface area contributed by atoms with E-state index in [0.717, 1.165) is 25.7 Å². The zero-order valence-electron chi connectivity index (χ0n) is 9.61. The lowest BCUT2D eigenvalue weighted by Crippen LogP contribution is -2.39. The smallest absolute Gasteiger partial charge is 0.223 e. The molecule has 2 rings (SSSR count). The molecule has 94 valence electrons. The van der Waals surface area contributed by atoms with E-state index in [2.05, 4.69) is 20.7 Å². The fraction of sp³-hybridized carbons (Fsp3) is 0.600. The molecule has 1 heterocycles. The van der Waals surface area contributed by atoms with Gasteiger partial charge in [-0.2, -0.15) is 9.97 Å². The summed E-state index contributed by atoms with van der Waals surface area (Å²) >= 11 is 0. The van der Waals surface area contributed by atoms with Gasteiger partial charge in [-0.1, -0.05) is 12.8 Å². The molecule has 0 radical (unpaired) electrons. The summed E-state index contributed by atoms with van der Waals surface area (Å²) in [7, 11) is 0. The number of rotatable bonds is 4. The first kappa shape index (κ1) is 11.9. The van der Waals surface area contributed by atoms with Crippen LogP contribution in [-0.4, -0.2) is 27.2 Å². The van der Waals surface area contributed by atoms with Gasteiger partial charge in [0.1, 0.15) is 11.6 Å². The normalized spacial score (nSPS) is 18.0. The molecule has 0 unspecified atom stereocenters. The maximum Gasteiger partial charge on any atom is 0.223 e. The molecule has 7 heteroatoms. The van der Waals surface area contributed by atoms with Crippen molar-refractivity contribution in [2.45, 2.75) is 31.2 Å². The first-order valence-electron chi connectivity index (χ1n) is 5.68. The van der Waals surface area contributed by atoms with E-state index >= 15 is 0 Å². The van der Waals surface area contributed by atoms with Gasteiger partial charge in [0.15, 0.2) is 0 Å². The van der Waals surface area contributed by atoms with Crippen LogP contribution in [-0.2, 0) is 0 Å². The van der Waals surface area contributed by atoms with Gasteiger partial charge in [0, 0.05) is 6.07 Å². The first-order valence-corrected chi connectivity index (χ1v) is 5.68. The van der Waals surface area contributed by atoms with Crippen LogP contribution < -0.4 is 22.3 Å². The minimum atomic E-state index is -0.285. The topological polar surface area (TPSA) is 122 Å². The molecule has 0 amide bonds. The SMILES string of the molecule is NNc1cc(NC2(CO)CCCC2)nc(N)n1. The largest absolute Gasteiger partial charge is 0.394 e. The van der Waals surface area contributed by atoms with Gasteiger partial charge in [0.2, 0.25) is 5.95 Å². The fourth-order valence-corrected chi connectivity index (χ4v) is 2.25. The molecule has 1 saturated carbocycles. The Hall–Kier alpha value is -1.60. The van der Waals surface area contributed by atoms with Crippen molar-refractivity contribution >= 4 is 17.6 Å². The van der Waals surface area contributed by atoms with Crippen molar-refractivity contribution in [2.75, 3.05) is 23.1 Å². The number of nitrogen functional groups attached to an aromatic ring is 2. The molecule has 0 aromatic carbocycles. The minimum absolute atomic E-state index is 0.0856. The van der Waals surface area contributed by atoms with Crippen LogP contribution in [0.1, 0.15) is 25.7 Å². The Morgan fingerprint density at radius 1 is 1.29 bits per heavy atom. The highest BCUT2D eigenvalue weighted by molar-refractivity contribution is 5.51. The van der Waals surface area contributed by atoms with Crippen molar-refractivity contribution in [3.63, 3.8) is 0 Å². The van der Waals surface area contributed by atoms with Crippen LogP contribution in [0.15, 0.2) is 6.07 Å². The van der Waals surface area contributed by atoms with Crippen LogP contribution in [0.25, 0.3) is 0 Å². The van der Waals surface area contributed by atoms with Gasteiger partial charge in [0.05, 0.1) is 12.1 Å². The van der Waals surface area contributed by atoms with Crippen molar-refractivity contribution in [1.29, 1.82) is 0 Å². The lowest BCUT2D eigenvalue weighted by molar-refractivity contribution is 0.214. The molecule has 1 aliphatic carbocycles. The summed E-state index contributed by atoms with van der Waals surface area (Å²) in [6.07, 6.45) is 4.07. The Balaban J connectivity index is 2.19. The lowest BCUT2D eigenvalue weighted by Gasteiger charge is -2.28. The van der Waals surface area contributed by atoms with Crippen molar-refractivity contribution in [3.8, 4) is 0 Å². The molecular formula is C10H18N6O. The zero-order valence-corrected chi connectivity index (χ0v) is 9.61. The van der Waals surface area contributed by atoms with Gasteiger partial charge in [-0.25, -0.2) is 5.84 Å². The molecule has 1 aliphatic rings. The summed E-state index contributed by atoms with van der Waals surface area (Å²) in [6.45, 7) is 0.0856. The number of hydrazine groups is 1. The highest BCUT2D eigenvalue weighted by atomic mass is 16.3. The molecule has 1 fully saturated rings. The molecule has 1 aromatic heterocycles. The van der Waals surface area contributed by atoms with Crippen LogP contribution in [0.5, 0.6) is 0 Å². The average molecular weight is 238 g/mol. The van der Waals surface area contributed by atoms with E-state index in [1.165, 1.54) is 0 Å². The molecule has 1 aromatic rings. The number of nitrogens with one attached hydrogen (secondary N) is 2. The van der Waals surface area contributed by atoms with Crippen LogP contribution in [0, 0.1) is 0 Å². The van der Waals surface area contributed by atoms with Gasteiger partial charge in [-0.3, -0.25) is 0 Å². The van der Waals surface area contributed by atoms with E-state index in [9.17, 15) is 5.11 Å². The molecule has 0 spiro atoms. The minimum Gasteiger partial charge on any atom is -0.394 e. The summed E-state index contributed by atoms with van der Waals surface area (Å²) in [5.41, 5.74) is 7.72. The van der Waals surface area contributed by atoms with Crippen molar-refractivity contribution in [2.24, 2.45) is 5.84 Å². The Morgan fingerprint density at radius 2 is 1.94 bits per heavy atom. The number of nitrogens with zero attached hydrogens (tertiary/aromatic N) is 2. The molecule has 0 saturated heterocycles. The predicted molar refractivity (Wildman–Crippen MR) is 66.2 cm³/mol. The number of nitrogens with two attached hydrogens (primary N) is 2. The number of aliphatic hydroxyl groups excluding tert-OH is 1. The fourth-order valence-electron chi connectivity index (χ4n) is 2.25. The quantitative estimate of drug-likeness (QED) is 0.371. The second kappa shape index (κ2) is 4.72. The van der Waals surface area contributed by atoms with Crippen LogP contribution in [0.2, 0.25) is 0 Å². The maximum absolute atomic E-state index is 9.50. The summed E-state index contributed by atoms with van der Waals surface area (Å²) < 4.78 is 0. The monoisotopic (exact) mass is 238 g/mol. The van der Waals surface area contributed by atoms with E-state index in [-0.39, 0.29) is 18.1 Å². The van der Waals surface area contributed by atoms with Crippen LogP contribution >= 0.6 is 0 Å². The number of aromatic nitrogens is 2. The van der Waals surface area contributed by atoms with Crippen LogP contribution in [0.4, 0.5) is 17.6 Å². The Labute approximate surface area is 99.6 Å². The van der Waals surface area contributed by atoms with E-state index in [4.69, 9.17) is 11.6 Å². The predicted octanol–water partition coefficient (Wildman–Crippen LogP) is 0.0614. The summed E-state index contributed by atoms with van der Waals surface area (Å²) in [5.74, 6) is 6.47. The maximum atomic E-state index is 9.50. The van der Waals surface area contributed by atoms with E-state index < -0.39 is 0 Å². The van der Waals surface area contributed by atoms with E-state index in [1.807, 2.05) is 0 Å². The third-order valence-corrected chi connectivity index (χ3v) is 3.15. The molecule has 7 nitrogen and oxygen atoms in total. The molecule has 7 N–H and O–H groups in total. The Bertz CT molecular complexity index is 390. The third-order valence-electron chi connectivity index (χ3n) is 3.15. The number of hydrogen-bond donors (Lipinski definition) is 5. The second-order valence-corrected chi connectivity index (χ2v) is 4.41. The van der Waals surface area contributed by atoms with Gasteiger partial charge in [0.25, 0.3) is 0 Å². The summed E-state index contributed by atoms with van der Waals surface area (Å²) in [4.78, 5) is 7.99. The van der Waals surface area contributed by atoms with Gasteiger partial charge >= 0.3 is 0 Å². The van der Waals surface area contributed by atoms with Crippen molar-refractivity contribution < 1.29 is 5.11 Å². The number of anilines is 3. The standard InChI is InChI=1S/C10H18N6O/c11-9-13-7(5-8(14-9)16-12)15-10(6-17)3-1-2-4-10/h5,17H,1-4,6,12H2,(H4,11,13,14,15,16). The lowest BCUT2D eigenvalue weighted by atomic mass is 9.99. The highest BCUT2D eigenvalue weighted by Crippen LogP contribution is 2.32. The highest BCUT2D eigenvalue weighted by Gasteiger charge is 2.33. The second-order valence-electron chi connectivity index (χ2n) is 4.41. The van der Waals surface area contributed by atoms with Gasteiger partial charge in [-0.05, 0) is 12.8 Å². The average Bonchev–Trinajstić information content (AvgIpc) is 2.77. The molecule has 17 heavy (non-hydrogen) atoms. The summed E-state index contributed by atoms with van der Waals surface area (Å²) in [5, 5.41) is 12.7. The van der Waals surface area contributed by atoms with Gasteiger partial charge < -0.3 is 21.6 Å². The van der Waals surface area contributed by atoms with Crippen molar-refractivity contribution in [3.05, 3.63) is 6.07 Å². The van der Waals surface area contributed by atoms with Crippen molar-refractivity contribution in [1.82, 2.24) is 9.97 Å². The molecule has 0 atom stereocenters. The van der Waals surface area contributed by atoms with E-state index in [0.29, 0.717) is 11.6 Å². The third kappa shape index (κ3) is 2.56. The van der Waals surface area contributed by atoms with Crippen LogP contribution in [0.3, 0.4) is 0 Å². The molecule has 0 aliphatic heterocycles.